The van der Waals surface area contributed by atoms with Gasteiger partial charge in [-0.3, -0.25) is 0 Å². The second kappa shape index (κ2) is 9.24. The third kappa shape index (κ3) is 86.1. The van der Waals surface area contributed by atoms with E-state index in [1.165, 1.54) is 0 Å². The molecule has 48 valence electrons. The van der Waals surface area contributed by atoms with Crippen LogP contribution in [0, 0.1) is 0 Å². The molecule has 5 N–H and O–H groups in total. The zero-order valence-corrected chi connectivity index (χ0v) is 7.71. The summed E-state index contributed by atoms with van der Waals surface area (Å²) >= 11 is 0. The Labute approximate surface area is 101 Å². The van der Waals surface area contributed by atoms with Gasteiger partial charge in [0.15, 0.2) is 17.4 Å². The van der Waals surface area contributed by atoms with Gasteiger partial charge in [0.25, 0.3) is 0 Å². The van der Waals surface area contributed by atoms with Crippen molar-refractivity contribution in [3.05, 3.63) is 0 Å². The zero-order chi connectivity index (χ0) is 4.50. The van der Waals surface area contributed by atoms with Gasteiger partial charge >= 0.3 is 59.2 Å². The average molecular weight is 186 g/mol. The van der Waals surface area contributed by atoms with Crippen molar-refractivity contribution in [1.29, 1.82) is 0 Å². The fraction of sp³-hybridized carbons (Fsp3) is 0. The normalized spacial score (nSPS) is 7.38. The average Bonchev–Trinajstić information content (AvgIpc) is 0.722. The van der Waals surface area contributed by atoms with Crippen LogP contribution in [0.1, 0.15) is 1.43 Å². The third-order valence-corrected chi connectivity index (χ3v) is 0. The van der Waals surface area contributed by atoms with Gasteiger partial charge in [0.2, 0.25) is 0 Å². The molecule has 0 rings (SSSR count). The van der Waals surface area contributed by atoms with Crippen molar-refractivity contribution in [2.45, 2.75) is 0 Å². The fourth-order valence-corrected chi connectivity index (χ4v) is 0. The second-order valence-corrected chi connectivity index (χ2v) is 1.54. The van der Waals surface area contributed by atoms with Crippen molar-refractivity contribution in [3.8, 4) is 0 Å². The second-order valence-electron chi connectivity index (χ2n) is 0.513. The number of phosphoric acid groups is 1. The summed E-state index contributed by atoms with van der Waals surface area (Å²) in [6.07, 6.45) is 0. The molecule has 5 nitrogen and oxygen atoms in total. The van der Waals surface area contributed by atoms with Crippen LogP contribution in [0.4, 0.5) is 0 Å². The van der Waals surface area contributed by atoms with E-state index < -0.39 is 7.82 Å². The first-order chi connectivity index (χ1) is 2.00. The smallest absolute Gasteiger partial charge is 1.00 e. The molecule has 0 aromatic rings. The van der Waals surface area contributed by atoms with E-state index in [-0.39, 0.29) is 75.6 Å². The Morgan fingerprint density at radius 3 is 1.25 bits per heavy atom. The first-order valence-electron chi connectivity index (χ1n) is 0.783. The van der Waals surface area contributed by atoms with Crippen LogP contribution in [0.2, 0.25) is 0 Å². The molecule has 0 aliphatic rings. The van der Waals surface area contributed by atoms with Crippen LogP contribution in [0.15, 0.2) is 0 Å². The molecule has 0 bridgehead atoms. The summed E-state index contributed by atoms with van der Waals surface area (Å²) in [6.45, 7) is 0. The van der Waals surface area contributed by atoms with E-state index in [9.17, 15) is 0 Å². The van der Waals surface area contributed by atoms with Crippen molar-refractivity contribution in [1.82, 2.24) is 0 Å². The Morgan fingerprint density at radius 1 is 1.25 bits per heavy atom. The topological polar surface area (TPSA) is 109 Å². The predicted octanol–water partition coefficient (Wildman–Crippen LogP) is -5.82. The Balaban J connectivity index is -0.0000000133. The minimum Gasteiger partial charge on any atom is -1.00 e. The molecular weight excluding hydrogens is 177 g/mol. The Bertz CT molecular complexity index is 63.1. The van der Waals surface area contributed by atoms with Crippen LogP contribution >= 0.6 is 7.82 Å². The molecule has 8 heteroatoms. The van der Waals surface area contributed by atoms with E-state index >= 15 is 0 Å². The number of hydrogen-bond donors (Lipinski definition) is 3. The summed E-state index contributed by atoms with van der Waals surface area (Å²) in [7, 11) is -4.64. The minimum absolute atomic E-state index is 0. The maximum absolute atomic E-state index is 8.88. The molecule has 0 aliphatic carbocycles. The summed E-state index contributed by atoms with van der Waals surface area (Å²) in [5, 5.41) is 0. The van der Waals surface area contributed by atoms with Gasteiger partial charge in [0.1, 0.15) is 0 Å². The van der Waals surface area contributed by atoms with E-state index in [4.69, 9.17) is 19.2 Å². The molecule has 0 atom stereocenters. The summed E-state index contributed by atoms with van der Waals surface area (Å²) < 4.78 is 8.88. The molecule has 0 spiro atoms. The van der Waals surface area contributed by atoms with Gasteiger partial charge in [-0.1, -0.05) is 0 Å². The molecule has 0 aliphatic heterocycles. The molecule has 0 aromatic carbocycles. The molecule has 0 unspecified atom stereocenters. The Morgan fingerprint density at radius 2 is 1.25 bits per heavy atom. The van der Waals surface area contributed by atoms with Crippen molar-refractivity contribution in [3.63, 3.8) is 0 Å². The van der Waals surface area contributed by atoms with Crippen LogP contribution in [0.25, 0.3) is 0 Å². The van der Waals surface area contributed by atoms with E-state index in [1.54, 1.807) is 0 Å². The van der Waals surface area contributed by atoms with Gasteiger partial charge in [0.05, 0.1) is 0 Å². The largest absolute Gasteiger partial charge is 1.00 e. The van der Waals surface area contributed by atoms with Gasteiger partial charge in [0, 0.05) is 0 Å². The van der Waals surface area contributed by atoms with Crippen molar-refractivity contribution < 1.29 is 77.5 Å². The molecule has 0 saturated carbocycles. The van der Waals surface area contributed by atoms with Gasteiger partial charge in [-0.15, -0.1) is 0 Å². The first-order valence-corrected chi connectivity index (χ1v) is 2.35. The molecular formula is H9AlKO5P. The van der Waals surface area contributed by atoms with Crippen LogP contribution in [0.5, 0.6) is 0 Å². The quantitative estimate of drug-likeness (QED) is 0.258. The molecule has 0 heterocycles. The van der Waals surface area contributed by atoms with Crippen molar-refractivity contribution in [2.24, 2.45) is 0 Å². The van der Waals surface area contributed by atoms with Crippen molar-refractivity contribution in [2.75, 3.05) is 0 Å². The zero-order valence-electron chi connectivity index (χ0n) is 4.70. The van der Waals surface area contributed by atoms with Crippen LogP contribution < -0.4 is 51.4 Å². The molecule has 0 radical (unpaired) electrons. The SMILES string of the molecule is O.O=P(O)(O)O.[AlH3].[H-].[K+]. The molecule has 0 fully saturated rings. The Kier molecular flexibility index (Phi) is 25.9. The molecule has 0 amide bonds. The number of rotatable bonds is 0. The maximum Gasteiger partial charge on any atom is 1.00 e. The Hall–Kier alpha value is 2.24. The van der Waals surface area contributed by atoms with E-state index in [0.29, 0.717) is 0 Å². The van der Waals surface area contributed by atoms with E-state index in [1.807, 2.05) is 0 Å². The standard InChI is InChI=1S/Al.K.H3O4P.H2O.4H/c;;1-5(2,3)4;;;;;/h;;(H3,1,2,3,4);1H2;;;;/q;+1;;;;;;-1. The summed E-state index contributed by atoms with van der Waals surface area (Å²) in [4.78, 5) is 21.6. The number of hydrogen-bond acceptors (Lipinski definition) is 1. The summed E-state index contributed by atoms with van der Waals surface area (Å²) in [5.41, 5.74) is 0. The molecule has 8 heavy (non-hydrogen) atoms. The van der Waals surface area contributed by atoms with Gasteiger partial charge in [-0.05, 0) is 0 Å². The maximum atomic E-state index is 8.88. The van der Waals surface area contributed by atoms with Gasteiger partial charge in [-0.2, -0.15) is 0 Å². The molecule has 0 aromatic heterocycles. The van der Waals surface area contributed by atoms with Gasteiger partial charge < -0.3 is 21.6 Å². The fourth-order valence-electron chi connectivity index (χ4n) is 0. The van der Waals surface area contributed by atoms with Crippen molar-refractivity contribution >= 4 is 25.2 Å². The summed E-state index contributed by atoms with van der Waals surface area (Å²) in [5.74, 6) is 0. The monoisotopic (exact) mass is 186 g/mol. The van der Waals surface area contributed by atoms with E-state index in [2.05, 4.69) is 0 Å². The van der Waals surface area contributed by atoms with Crippen LogP contribution in [-0.4, -0.2) is 37.5 Å². The third-order valence-electron chi connectivity index (χ3n) is 0. The van der Waals surface area contributed by atoms with E-state index in [0.717, 1.165) is 0 Å². The van der Waals surface area contributed by atoms with Gasteiger partial charge in [-0.25, -0.2) is 4.57 Å². The predicted molar refractivity (Wildman–Crippen MR) is 28.9 cm³/mol. The van der Waals surface area contributed by atoms with Crippen LogP contribution in [-0.2, 0) is 4.57 Å². The van der Waals surface area contributed by atoms with Crippen LogP contribution in [0.3, 0.4) is 0 Å². The minimum atomic E-state index is -4.64. The summed E-state index contributed by atoms with van der Waals surface area (Å²) in [6, 6.07) is 0. The molecule has 0 saturated heterocycles. The first kappa shape index (κ1) is 22.5.